The molecule has 264 valence electrons. The molecule has 0 N–H and O–H groups in total. The number of ether oxygens (including phenoxy) is 3. The lowest BCUT2D eigenvalue weighted by molar-refractivity contribution is -0.139. The van der Waals surface area contributed by atoms with E-state index in [1.54, 1.807) is 19.1 Å². The fraction of sp³-hybridized carbons (Fsp3) is 0.775. The zero-order valence-corrected chi connectivity index (χ0v) is 30.7. The largest absolute Gasteiger partial charge is 0.426 e. The van der Waals surface area contributed by atoms with E-state index < -0.39 is 0 Å². The van der Waals surface area contributed by atoms with Crippen molar-refractivity contribution in [3.63, 3.8) is 0 Å². The number of esters is 3. The van der Waals surface area contributed by atoms with Gasteiger partial charge in [0, 0.05) is 17.7 Å². The molecule has 0 fully saturated rings. The molecule has 0 aromatic heterocycles. The van der Waals surface area contributed by atoms with E-state index in [4.69, 9.17) is 14.2 Å². The average Bonchev–Trinajstić information content (AvgIpc) is 3.03. The zero-order valence-electron chi connectivity index (χ0n) is 30.7. The van der Waals surface area contributed by atoms with E-state index in [1.165, 1.54) is 77.0 Å². The van der Waals surface area contributed by atoms with Gasteiger partial charge < -0.3 is 14.2 Å². The molecule has 0 spiro atoms. The molecule has 1 aromatic carbocycles. The molecule has 3 atom stereocenters. The molecular formula is C40H68O6. The van der Waals surface area contributed by atoms with Crippen LogP contribution in [0.4, 0.5) is 0 Å². The number of rotatable bonds is 27. The monoisotopic (exact) mass is 645 g/mol. The van der Waals surface area contributed by atoms with E-state index in [0.29, 0.717) is 5.56 Å². The van der Waals surface area contributed by atoms with E-state index in [9.17, 15) is 14.4 Å². The molecule has 46 heavy (non-hydrogen) atoms. The summed E-state index contributed by atoms with van der Waals surface area (Å²) in [5.41, 5.74) is 0.542. The maximum Gasteiger partial charge on any atom is 0.314 e. The smallest absolute Gasteiger partial charge is 0.314 e. The van der Waals surface area contributed by atoms with Crippen molar-refractivity contribution in [3.05, 3.63) is 17.7 Å². The summed E-state index contributed by atoms with van der Waals surface area (Å²) in [6, 6.07) is 3.16. The quantitative estimate of drug-likeness (QED) is 0.0538. The van der Waals surface area contributed by atoms with Crippen LogP contribution in [0.15, 0.2) is 12.1 Å². The third kappa shape index (κ3) is 18.1. The highest BCUT2D eigenvalue weighted by Gasteiger charge is 2.23. The first-order valence-corrected chi connectivity index (χ1v) is 18.9. The van der Waals surface area contributed by atoms with E-state index in [0.717, 1.165) is 57.8 Å². The second-order valence-electron chi connectivity index (χ2n) is 13.7. The highest BCUT2D eigenvalue weighted by atomic mass is 16.6. The highest BCUT2D eigenvalue weighted by molar-refractivity contribution is 5.79. The topological polar surface area (TPSA) is 78.9 Å². The molecule has 0 amide bonds. The second-order valence-corrected chi connectivity index (χ2v) is 13.7. The van der Waals surface area contributed by atoms with E-state index in [2.05, 4.69) is 20.8 Å². The van der Waals surface area contributed by atoms with Crippen molar-refractivity contribution in [1.29, 1.82) is 0 Å². The summed E-state index contributed by atoms with van der Waals surface area (Å²) >= 11 is 0. The van der Waals surface area contributed by atoms with Crippen LogP contribution in [0.5, 0.6) is 17.2 Å². The SMILES string of the molecule is CCCCCCCCC(C)C(=O)Oc1cc(OC(=O)C(C)CCCCCCCC)c(C)c(OC(=O)C(C)CCCCCCCC)c1. The van der Waals surface area contributed by atoms with Gasteiger partial charge in [-0.15, -0.1) is 0 Å². The van der Waals surface area contributed by atoms with Crippen LogP contribution in [0.2, 0.25) is 0 Å². The third-order valence-corrected chi connectivity index (χ3v) is 9.10. The molecular weight excluding hydrogens is 576 g/mol. The molecule has 0 saturated heterocycles. The van der Waals surface area contributed by atoms with Crippen LogP contribution < -0.4 is 14.2 Å². The Kier molecular flexibility index (Phi) is 23.3. The Labute approximate surface area is 282 Å². The first-order valence-electron chi connectivity index (χ1n) is 18.9. The lowest BCUT2D eigenvalue weighted by atomic mass is 10.0. The lowest BCUT2D eigenvalue weighted by Crippen LogP contribution is -2.21. The van der Waals surface area contributed by atoms with Gasteiger partial charge in [-0.05, 0) is 26.2 Å². The third-order valence-electron chi connectivity index (χ3n) is 9.10. The Morgan fingerprint density at radius 3 is 1.09 bits per heavy atom. The maximum atomic E-state index is 13.1. The van der Waals surface area contributed by atoms with E-state index in [-0.39, 0.29) is 52.9 Å². The lowest BCUT2D eigenvalue weighted by Gasteiger charge is -2.18. The molecule has 1 aromatic rings. The van der Waals surface area contributed by atoms with Gasteiger partial charge in [0.1, 0.15) is 17.2 Å². The number of benzene rings is 1. The van der Waals surface area contributed by atoms with Gasteiger partial charge in [0.25, 0.3) is 0 Å². The van der Waals surface area contributed by atoms with Crippen LogP contribution in [0.3, 0.4) is 0 Å². The Morgan fingerprint density at radius 2 is 0.761 bits per heavy atom. The van der Waals surface area contributed by atoms with Gasteiger partial charge in [0.15, 0.2) is 0 Å². The molecule has 1 rings (SSSR count). The van der Waals surface area contributed by atoms with Crippen LogP contribution in [0, 0.1) is 24.7 Å². The van der Waals surface area contributed by atoms with Crippen molar-refractivity contribution >= 4 is 17.9 Å². The van der Waals surface area contributed by atoms with Gasteiger partial charge in [-0.3, -0.25) is 14.4 Å². The van der Waals surface area contributed by atoms with E-state index in [1.807, 2.05) is 20.8 Å². The molecule has 0 heterocycles. The molecule has 0 aliphatic rings. The fourth-order valence-electron chi connectivity index (χ4n) is 5.59. The minimum atomic E-state index is -0.333. The average molecular weight is 645 g/mol. The summed E-state index contributed by atoms with van der Waals surface area (Å²) in [6.07, 6.45) is 23.2. The van der Waals surface area contributed by atoms with Crippen LogP contribution in [-0.2, 0) is 14.4 Å². The first-order chi connectivity index (χ1) is 22.1. The summed E-state index contributed by atoms with van der Waals surface area (Å²) in [6.45, 7) is 14.1. The number of hydrogen-bond acceptors (Lipinski definition) is 6. The molecule has 0 bridgehead atoms. The van der Waals surface area contributed by atoms with Crippen molar-refractivity contribution in [1.82, 2.24) is 0 Å². The predicted molar refractivity (Wildman–Crippen MR) is 190 cm³/mol. The first kappa shape index (κ1) is 41.7. The minimum Gasteiger partial charge on any atom is -0.426 e. The molecule has 0 aliphatic heterocycles. The van der Waals surface area contributed by atoms with Gasteiger partial charge in [-0.2, -0.15) is 0 Å². The fourth-order valence-corrected chi connectivity index (χ4v) is 5.59. The number of carbonyl (C=O) groups is 3. The standard InChI is InChI=1S/C40H68O6/c1-8-11-14-17-20-23-26-31(4)38(41)44-35-29-36(45-39(42)32(5)27-24-21-18-15-12-9-2)34(7)37(30-35)46-40(43)33(6)28-25-22-19-16-13-10-3/h29-33H,8-28H2,1-7H3. The minimum absolute atomic E-state index is 0.225. The Hall–Kier alpha value is -2.37. The summed E-state index contributed by atoms with van der Waals surface area (Å²) in [7, 11) is 0. The highest BCUT2D eigenvalue weighted by Crippen LogP contribution is 2.35. The summed E-state index contributed by atoms with van der Waals surface area (Å²) in [5.74, 6) is -1.03. The zero-order chi connectivity index (χ0) is 34.2. The van der Waals surface area contributed by atoms with Crippen molar-refractivity contribution in [2.45, 2.75) is 183 Å². The van der Waals surface area contributed by atoms with Gasteiger partial charge in [0.2, 0.25) is 0 Å². The summed E-state index contributed by atoms with van der Waals surface area (Å²) in [4.78, 5) is 39.2. The van der Waals surface area contributed by atoms with Gasteiger partial charge in [0.05, 0.1) is 17.8 Å². The van der Waals surface area contributed by atoms with Crippen LogP contribution in [-0.4, -0.2) is 17.9 Å². The van der Waals surface area contributed by atoms with Crippen molar-refractivity contribution in [2.24, 2.45) is 17.8 Å². The summed E-state index contributed by atoms with van der Waals surface area (Å²) < 4.78 is 17.5. The normalized spacial score (nSPS) is 13.2. The predicted octanol–water partition coefficient (Wildman–Crippen LogP) is 11.9. The van der Waals surface area contributed by atoms with E-state index >= 15 is 0 Å². The van der Waals surface area contributed by atoms with Crippen LogP contribution in [0.25, 0.3) is 0 Å². The molecule has 6 nitrogen and oxygen atoms in total. The van der Waals surface area contributed by atoms with Gasteiger partial charge >= 0.3 is 17.9 Å². The Morgan fingerprint density at radius 1 is 0.478 bits per heavy atom. The maximum absolute atomic E-state index is 13.1. The van der Waals surface area contributed by atoms with Crippen LogP contribution in [0.1, 0.15) is 182 Å². The molecule has 0 radical (unpaired) electrons. The molecule has 0 saturated carbocycles. The Bertz CT molecular complexity index is 929. The number of hydrogen-bond donors (Lipinski definition) is 0. The Balaban J connectivity index is 2.96. The van der Waals surface area contributed by atoms with Crippen molar-refractivity contribution in [2.75, 3.05) is 0 Å². The van der Waals surface area contributed by atoms with Gasteiger partial charge in [-0.1, -0.05) is 157 Å². The summed E-state index contributed by atoms with van der Waals surface area (Å²) in [5, 5.41) is 0. The van der Waals surface area contributed by atoms with Crippen molar-refractivity contribution in [3.8, 4) is 17.2 Å². The number of carbonyl (C=O) groups excluding carboxylic acids is 3. The molecule has 6 heteroatoms. The van der Waals surface area contributed by atoms with Crippen LogP contribution >= 0.6 is 0 Å². The molecule has 0 aliphatic carbocycles. The second kappa shape index (κ2) is 25.7. The molecule has 3 unspecified atom stereocenters. The van der Waals surface area contributed by atoms with Gasteiger partial charge in [-0.25, -0.2) is 0 Å². The van der Waals surface area contributed by atoms with Crippen molar-refractivity contribution < 1.29 is 28.6 Å². The number of unbranched alkanes of at least 4 members (excludes halogenated alkanes) is 15.